The molecule has 7 heteroatoms. The molecule has 1 N–H and O–H groups in total. The molecule has 2 heterocycles. The Morgan fingerprint density at radius 3 is 2.81 bits per heavy atom. The molecule has 2 aromatic carbocycles. The van der Waals surface area contributed by atoms with Crippen LogP contribution >= 0.6 is 0 Å². The molecule has 0 saturated carbocycles. The topological polar surface area (TPSA) is 71.3 Å². The van der Waals surface area contributed by atoms with Crippen LogP contribution in [-0.4, -0.2) is 40.7 Å². The van der Waals surface area contributed by atoms with Crippen LogP contribution in [0.15, 0.2) is 59.1 Å². The van der Waals surface area contributed by atoms with Crippen LogP contribution in [0.2, 0.25) is 0 Å². The Bertz CT molecular complexity index is 992. The maximum absolute atomic E-state index is 13.9. The summed E-state index contributed by atoms with van der Waals surface area (Å²) in [5, 5.41) is 6.96. The number of likely N-dealkylation sites (tertiary alicyclic amines) is 1. The van der Waals surface area contributed by atoms with Gasteiger partial charge in [0.25, 0.3) is 0 Å². The van der Waals surface area contributed by atoms with Gasteiger partial charge in [-0.05, 0) is 49.3 Å². The number of aryl methyl sites for hydroxylation is 1. The van der Waals surface area contributed by atoms with Crippen LogP contribution in [0.1, 0.15) is 30.7 Å². The minimum atomic E-state index is -0.373. The summed E-state index contributed by atoms with van der Waals surface area (Å²) in [6, 6.07) is 16.6. The quantitative estimate of drug-likeness (QED) is 0.570. The molecule has 4 rings (SSSR count). The first kappa shape index (κ1) is 21.0. The third-order valence-corrected chi connectivity index (χ3v) is 5.61. The van der Waals surface area contributed by atoms with Gasteiger partial charge in [0.1, 0.15) is 5.82 Å². The third kappa shape index (κ3) is 5.69. The van der Waals surface area contributed by atoms with Crippen LogP contribution < -0.4 is 5.32 Å². The number of benzene rings is 2. The Hall–Kier alpha value is -3.22. The fourth-order valence-electron chi connectivity index (χ4n) is 4.00. The van der Waals surface area contributed by atoms with Gasteiger partial charge in [-0.15, -0.1) is 0 Å². The second kappa shape index (κ2) is 10.2. The molecular formula is C24H27FN4O2. The Morgan fingerprint density at radius 2 is 1.97 bits per heavy atom. The molecule has 162 valence electrons. The number of hydrogen-bond acceptors (Lipinski definition) is 4. The van der Waals surface area contributed by atoms with Gasteiger partial charge < -0.3 is 14.7 Å². The first-order chi connectivity index (χ1) is 15.2. The second-order valence-electron chi connectivity index (χ2n) is 7.97. The molecule has 1 atom stereocenters. The lowest BCUT2D eigenvalue weighted by Crippen LogP contribution is -2.46. The number of carbonyl (C=O) groups excluding carboxylic acids is 1. The normalized spacial score (nSPS) is 16.3. The van der Waals surface area contributed by atoms with Gasteiger partial charge in [-0.2, -0.15) is 4.98 Å². The fraction of sp³-hybridized carbons (Fsp3) is 0.375. The van der Waals surface area contributed by atoms with Crippen molar-refractivity contribution in [3.63, 3.8) is 0 Å². The van der Waals surface area contributed by atoms with E-state index in [-0.39, 0.29) is 23.6 Å². The lowest BCUT2D eigenvalue weighted by molar-refractivity contribution is 0.161. The number of amides is 2. The van der Waals surface area contributed by atoms with E-state index < -0.39 is 0 Å². The van der Waals surface area contributed by atoms with Crippen molar-refractivity contribution in [3.8, 4) is 11.4 Å². The fourth-order valence-corrected chi connectivity index (χ4v) is 4.00. The molecule has 3 aromatic rings. The highest BCUT2D eigenvalue weighted by Gasteiger charge is 2.25. The number of urea groups is 1. The second-order valence-corrected chi connectivity index (χ2v) is 7.97. The molecule has 6 nitrogen and oxygen atoms in total. The summed E-state index contributed by atoms with van der Waals surface area (Å²) < 4.78 is 19.3. The largest absolute Gasteiger partial charge is 0.339 e. The lowest BCUT2D eigenvalue weighted by Gasteiger charge is -2.32. The number of carbonyl (C=O) groups is 1. The molecule has 0 radical (unpaired) electrons. The van der Waals surface area contributed by atoms with Crippen LogP contribution in [0.3, 0.4) is 0 Å². The van der Waals surface area contributed by atoms with E-state index in [0.29, 0.717) is 31.0 Å². The standard InChI is InChI=1S/C24H27FN4O2/c25-21-13-5-4-12-20(21)23-27-22(31-28-23)16-19-11-7-15-29(17-19)24(30)26-14-6-10-18-8-2-1-3-9-18/h1-5,8-9,12-13,19H,6-7,10-11,14-17H2,(H,26,30). The number of aromatic nitrogens is 2. The van der Waals surface area contributed by atoms with Gasteiger partial charge in [0, 0.05) is 26.1 Å². The SMILES string of the molecule is O=C(NCCCc1ccccc1)N1CCCC(Cc2nc(-c3ccccc3F)no2)C1. The van der Waals surface area contributed by atoms with Gasteiger partial charge in [-0.1, -0.05) is 47.6 Å². The van der Waals surface area contributed by atoms with Gasteiger partial charge >= 0.3 is 6.03 Å². The highest BCUT2D eigenvalue weighted by atomic mass is 19.1. The number of hydrogen-bond donors (Lipinski definition) is 1. The van der Waals surface area contributed by atoms with E-state index in [1.54, 1.807) is 18.2 Å². The van der Waals surface area contributed by atoms with E-state index in [9.17, 15) is 9.18 Å². The predicted octanol–water partition coefficient (Wildman–Crippen LogP) is 4.47. The zero-order valence-electron chi connectivity index (χ0n) is 17.5. The third-order valence-electron chi connectivity index (χ3n) is 5.61. The molecule has 0 aliphatic carbocycles. The van der Waals surface area contributed by atoms with Crippen molar-refractivity contribution in [1.82, 2.24) is 20.4 Å². The predicted molar refractivity (Wildman–Crippen MR) is 116 cm³/mol. The average Bonchev–Trinajstić information content (AvgIpc) is 3.26. The monoisotopic (exact) mass is 422 g/mol. The minimum Gasteiger partial charge on any atom is -0.339 e. The number of nitrogens with zero attached hydrogens (tertiary/aromatic N) is 3. The molecule has 31 heavy (non-hydrogen) atoms. The van der Waals surface area contributed by atoms with Crippen molar-refractivity contribution in [1.29, 1.82) is 0 Å². The van der Waals surface area contributed by atoms with E-state index >= 15 is 0 Å². The number of halogens is 1. The van der Waals surface area contributed by atoms with E-state index in [1.807, 2.05) is 23.1 Å². The molecule has 1 aliphatic heterocycles. The molecule has 0 spiro atoms. The summed E-state index contributed by atoms with van der Waals surface area (Å²) in [7, 11) is 0. The molecule has 1 aliphatic rings. The van der Waals surface area contributed by atoms with Crippen LogP contribution in [0.25, 0.3) is 11.4 Å². The summed E-state index contributed by atoms with van der Waals surface area (Å²) in [5.41, 5.74) is 1.61. The Morgan fingerprint density at radius 1 is 1.16 bits per heavy atom. The Kier molecular flexibility index (Phi) is 6.92. The van der Waals surface area contributed by atoms with Crippen molar-refractivity contribution in [3.05, 3.63) is 71.9 Å². The van der Waals surface area contributed by atoms with Crippen molar-refractivity contribution in [2.75, 3.05) is 19.6 Å². The van der Waals surface area contributed by atoms with Crippen LogP contribution in [-0.2, 0) is 12.8 Å². The first-order valence-electron chi connectivity index (χ1n) is 10.8. The van der Waals surface area contributed by atoms with E-state index in [2.05, 4.69) is 27.6 Å². The smallest absolute Gasteiger partial charge is 0.317 e. The molecule has 2 amide bonds. The van der Waals surface area contributed by atoms with Gasteiger partial charge in [-0.3, -0.25) is 0 Å². The zero-order valence-corrected chi connectivity index (χ0v) is 17.5. The molecule has 1 saturated heterocycles. The van der Waals surface area contributed by atoms with E-state index in [1.165, 1.54) is 11.6 Å². The van der Waals surface area contributed by atoms with Gasteiger partial charge in [0.15, 0.2) is 0 Å². The van der Waals surface area contributed by atoms with Crippen molar-refractivity contribution in [2.24, 2.45) is 5.92 Å². The summed E-state index contributed by atoms with van der Waals surface area (Å²) in [4.78, 5) is 18.8. The van der Waals surface area contributed by atoms with E-state index in [0.717, 1.165) is 32.2 Å². The van der Waals surface area contributed by atoms with Crippen LogP contribution in [0.5, 0.6) is 0 Å². The minimum absolute atomic E-state index is 0.0182. The maximum atomic E-state index is 13.9. The summed E-state index contributed by atoms with van der Waals surface area (Å²) in [6.07, 6.45) is 4.38. The van der Waals surface area contributed by atoms with Crippen LogP contribution in [0.4, 0.5) is 9.18 Å². The number of piperidine rings is 1. The van der Waals surface area contributed by atoms with Gasteiger partial charge in [-0.25, -0.2) is 9.18 Å². The molecular weight excluding hydrogens is 395 g/mol. The first-order valence-corrected chi connectivity index (χ1v) is 10.8. The molecule has 1 fully saturated rings. The van der Waals surface area contributed by atoms with Crippen molar-refractivity contribution in [2.45, 2.75) is 32.1 Å². The summed E-state index contributed by atoms with van der Waals surface area (Å²) in [5.74, 6) is 0.616. The van der Waals surface area contributed by atoms with Gasteiger partial charge in [0.2, 0.25) is 11.7 Å². The highest BCUT2D eigenvalue weighted by Crippen LogP contribution is 2.23. The average molecular weight is 423 g/mol. The number of nitrogens with one attached hydrogen (secondary N) is 1. The lowest BCUT2D eigenvalue weighted by atomic mass is 9.95. The van der Waals surface area contributed by atoms with Crippen LogP contribution in [0, 0.1) is 11.7 Å². The zero-order chi connectivity index (χ0) is 21.5. The maximum Gasteiger partial charge on any atom is 0.317 e. The highest BCUT2D eigenvalue weighted by molar-refractivity contribution is 5.74. The summed E-state index contributed by atoms with van der Waals surface area (Å²) >= 11 is 0. The molecule has 1 unspecified atom stereocenters. The van der Waals surface area contributed by atoms with Crippen molar-refractivity contribution >= 4 is 6.03 Å². The Labute approximate surface area is 181 Å². The summed E-state index contributed by atoms with van der Waals surface area (Å²) in [6.45, 7) is 2.07. The molecule has 0 bridgehead atoms. The van der Waals surface area contributed by atoms with Gasteiger partial charge in [0.05, 0.1) is 5.56 Å². The van der Waals surface area contributed by atoms with Crippen molar-refractivity contribution < 1.29 is 13.7 Å². The molecule has 1 aromatic heterocycles. The number of rotatable bonds is 7. The Balaban J connectivity index is 1.25. The van der Waals surface area contributed by atoms with E-state index in [4.69, 9.17) is 4.52 Å².